The normalized spacial score (nSPS) is 10.5. The van der Waals surface area contributed by atoms with Crippen molar-refractivity contribution in [1.82, 2.24) is 4.57 Å². The third-order valence-electron chi connectivity index (χ3n) is 4.22. The number of rotatable bonds is 4. The van der Waals surface area contributed by atoms with Crippen molar-refractivity contribution in [3.63, 3.8) is 0 Å². The van der Waals surface area contributed by atoms with Gasteiger partial charge < -0.3 is 9.88 Å². The maximum atomic E-state index is 12.7. The van der Waals surface area contributed by atoms with Crippen molar-refractivity contribution in [1.29, 1.82) is 0 Å². The molecule has 1 N–H and O–H groups in total. The van der Waals surface area contributed by atoms with Gasteiger partial charge in [-0.05, 0) is 51.1 Å². The number of carbonyl (C=O) groups excluding carboxylic acids is 2. The summed E-state index contributed by atoms with van der Waals surface area (Å²) in [6.07, 6.45) is 0. The molecule has 0 radical (unpaired) electrons. The number of carbonyl (C=O) groups is 2. The first-order valence-electron chi connectivity index (χ1n) is 8.14. The Morgan fingerprint density at radius 2 is 1.64 bits per heavy atom. The Bertz CT molecular complexity index is 940. The van der Waals surface area contributed by atoms with Crippen molar-refractivity contribution in [2.24, 2.45) is 0 Å². The highest BCUT2D eigenvalue weighted by molar-refractivity contribution is 6.06. The first kappa shape index (κ1) is 16.7. The van der Waals surface area contributed by atoms with Gasteiger partial charge in [-0.25, -0.2) is 0 Å². The number of aryl methyl sites for hydroxylation is 1. The Balaban J connectivity index is 1.91. The van der Waals surface area contributed by atoms with Crippen molar-refractivity contribution in [3.05, 3.63) is 83.2 Å². The first-order valence-corrected chi connectivity index (χ1v) is 8.14. The molecule has 3 rings (SSSR count). The summed E-state index contributed by atoms with van der Waals surface area (Å²) >= 11 is 0. The van der Waals surface area contributed by atoms with Crippen LogP contribution in [0, 0.1) is 13.8 Å². The second-order valence-corrected chi connectivity index (χ2v) is 6.05. The van der Waals surface area contributed by atoms with Gasteiger partial charge in [-0.3, -0.25) is 9.59 Å². The molecule has 4 nitrogen and oxygen atoms in total. The highest BCUT2D eigenvalue weighted by Gasteiger charge is 2.17. The number of hydrogen-bond acceptors (Lipinski definition) is 2. The Morgan fingerprint density at radius 3 is 2.32 bits per heavy atom. The number of aromatic nitrogens is 1. The van der Waals surface area contributed by atoms with Crippen LogP contribution in [0.4, 0.5) is 5.69 Å². The zero-order chi connectivity index (χ0) is 18.0. The van der Waals surface area contributed by atoms with Gasteiger partial charge in [0, 0.05) is 28.3 Å². The Labute approximate surface area is 147 Å². The number of ketones is 1. The Hall–Kier alpha value is -3.14. The second kappa shape index (κ2) is 6.77. The van der Waals surface area contributed by atoms with Gasteiger partial charge in [-0.1, -0.05) is 30.3 Å². The quantitative estimate of drug-likeness (QED) is 0.713. The van der Waals surface area contributed by atoms with Crippen molar-refractivity contribution in [2.75, 3.05) is 5.32 Å². The van der Waals surface area contributed by atoms with E-state index in [1.807, 2.05) is 50.2 Å². The highest BCUT2D eigenvalue weighted by atomic mass is 16.1. The molecule has 0 aliphatic heterocycles. The zero-order valence-corrected chi connectivity index (χ0v) is 14.5. The van der Waals surface area contributed by atoms with Gasteiger partial charge in [0.25, 0.3) is 5.91 Å². The molecule has 0 saturated carbocycles. The van der Waals surface area contributed by atoms with Crippen LogP contribution in [0.3, 0.4) is 0 Å². The maximum absolute atomic E-state index is 12.7. The molecule has 1 heterocycles. The third kappa shape index (κ3) is 3.38. The maximum Gasteiger partial charge on any atom is 0.257 e. The molecule has 0 spiro atoms. The van der Waals surface area contributed by atoms with Crippen LogP contribution in [-0.4, -0.2) is 16.3 Å². The summed E-state index contributed by atoms with van der Waals surface area (Å²) in [4.78, 5) is 24.2. The van der Waals surface area contributed by atoms with Crippen LogP contribution in [0.15, 0.2) is 60.7 Å². The lowest BCUT2D eigenvalue weighted by atomic mass is 10.1. The van der Waals surface area contributed by atoms with Crippen LogP contribution >= 0.6 is 0 Å². The minimum Gasteiger partial charge on any atom is -0.322 e. The molecule has 0 atom stereocenters. The first-order chi connectivity index (χ1) is 12.0. The third-order valence-corrected chi connectivity index (χ3v) is 4.22. The summed E-state index contributed by atoms with van der Waals surface area (Å²) < 4.78 is 2.06. The number of nitrogens with one attached hydrogen (secondary N) is 1. The average Bonchev–Trinajstić information content (AvgIpc) is 2.90. The largest absolute Gasteiger partial charge is 0.322 e. The van der Waals surface area contributed by atoms with E-state index >= 15 is 0 Å². The molecule has 0 fully saturated rings. The van der Waals surface area contributed by atoms with Gasteiger partial charge in [0.15, 0.2) is 5.78 Å². The fourth-order valence-electron chi connectivity index (χ4n) is 2.98. The molecule has 4 heteroatoms. The second-order valence-electron chi connectivity index (χ2n) is 6.05. The molecule has 0 bridgehead atoms. The number of Topliss-reactive ketones (excluding diaryl/α,β-unsaturated/α-hetero) is 1. The molecule has 0 aliphatic carbocycles. The standard InChI is InChI=1S/C21H20N2O2/c1-14-12-20(15(2)23(14)19-10-5-4-6-11-19)21(25)22-18-9-7-8-17(13-18)16(3)24/h4-13H,1-3H3,(H,22,25). The number of para-hydroxylation sites is 1. The van der Waals surface area contributed by atoms with Gasteiger partial charge in [0.05, 0.1) is 5.56 Å². The van der Waals surface area contributed by atoms with Crippen LogP contribution in [0.1, 0.15) is 39.0 Å². The number of nitrogens with zero attached hydrogens (tertiary/aromatic N) is 1. The molecule has 25 heavy (non-hydrogen) atoms. The van der Waals surface area contributed by atoms with Gasteiger partial charge >= 0.3 is 0 Å². The van der Waals surface area contributed by atoms with Gasteiger partial charge in [0.1, 0.15) is 0 Å². The molecule has 1 amide bonds. The lowest BCUT2D eigenvalue weighted by Crippen LogP contribution is -2.13. The number of benzene rings is 2. The van der Waals surface area contributed by atoms with Gasteiger partial charge in [-0.15, -0.1) is 0 Å². The molecule has 0 saturated heterocycles. The van der Waals surface area contributed by atoms with E-state index in [9.17, 15) is 9.59 Å². The summed E-state index contributed by atoms with van der Waals surface area (Å²) in [5.41, 5.74) is 4.70. The monoisotopic (exact) mass is 332 g/mol. The minimum atomic E-state index is -0.184. The molecule has 0 aliphatic rings. The molecular formula is C21H20N2O2. The fraction of sp³-hybridized carbons (Fsp3) is 0.143. The molecule has 1 aromatic heterocycles. The molecule has 0 unspecified atom stereocenters. The molecule has 126 valence electrons. The minimum absolute atomic E-state index is 0.0293. The van der Waals surface area contributed by atoms with Crippen LogP contribution in [0.25, 0.3) is 5.69 Å². The SMILES string of the molecule is CC(=O)c1cccc(NC(=O)c2cc(C)n(-c3ccccc3)c2C)c1. The van der Waals surface area contributed by atoms with E-state index in [0.29, 0.717) is 16.8 Å². The van der Waals surface area contributed by atoms with E-state index < -0.39 is 0 Å². The summed E-state index contributed by atoms with van der Waals surface area (Å²) in [5, 5.41) is 2.88. The Kier molecular flexibility index (Phi) is 4.52. The van der Waals surface area contributed by atoms with Gasteiger partial charge in [0.2, 0.25) is 0 Å². The van der Waals surface area contributed by atoms with Crippen molar-refractivity contribution in [2.45, 2.75) is 20.8 Å². The van der Waals surface area contributed by atoms with Crippen LogP contribution < -0.4 is 5.32 Å². The number of amides is 1. The van der Waals surface area contributed by atoms with Crippen LogP contribution in [0.5, 0.6) is 0 Å². The van der Waals surface area contributed by atoms with Crippen LogP contribution in [-0.2, 0) is 0 Å². The summed E-state index contributed by atoms with van der Waals surface area (Å²) in [6.45, 7) is 5.42. The lowest BCUT2D eigenvalue weighted by Gasteiger charge is -2.10. The smallest absolute Gasteiger partial charge is 0.257 e. The topological polar surface area (TPSA) is 51.1 Å². The molecular weight excluding hydrogens is 312 g/mol. The lowest BCUT2D eigenvalue weighted by molar-refractivity contribution is 0.101. The molecule has 3 aromatic rings. The van der Waals surface area contributed by atoms with Crippen molar-refractivity contribution in [3.8, 4) is 5.69 Å². The highest BCUT2D eigenvalue weighted by Crippen LogP contribution is 2.22. The van der Waals surface area contributed by atoms with Crippen LogP contribution in [0.2, 0.25) is 0 Å². The Morgan fingerprint density at radius 1 is 0.920 bits per heavy atom. The summed E-state index contributed by atoms with van der Waals surface area (Å²) in [7, 11) is 0. The fourth-order valence-corrected chi connectivity index (χ4v) is 2.98. The van der Waals surface area contributed by atoms with E-state index in [1.165, 1.54) is 6.92 Å². The number of anilines is 1. The van der Waals surface area contributed by atoms with Crippen molar-refractivity contribution >= 4 is 17.4 Å². The predicted octanol–water partition coefficient (Wildman–Crippen LogP) is 4.55. The van der Waals surface area contributed by atoms with Crippen molar-refractivity contribution < 1.29 is 9.59 Å². The van der Waals surface area contributed by atoms with E-state index in [1.54, 1.807) is 24.3 Å². The zero-order valence-electron chi connectivity index (χ0n) is 14.5. The summed E-state index contributed by atoms with van der Waals surface area (Å²) in [6, 6.07) is 18.8. The van der Waals surface area contributed by atoms with E-state index in [-0.39, 0.29) is 11.7 Å². The van der Waals surface area contributed by atoms with E-state index in [0.717, 1.165) is 17.1 Å². The van der Waals surface area contributed by atoms with Gasteiger partial charge in [-0.2, -0.15) is 0 Å². The summed E-state index contributed by atoms with van der Waals surface area (Å²) in [5.74, 6) is -0.214. The number of hydrogen-bond donors (Lipinski definition) is 1. The van der Waals surface area contributed by atoms with E-state index in [2.05, 4.69) is 9.88 Å². The molecule has 2 aromatic carbocycles. The predicted molar refractivity (Wildman–Crippen MR) is 99.6 cm³/mol. The average molecular weight is 332 g/mol. The van der Waals surface area contributed by atoms with E-state index in [4.69, 9.17) is 0 Å².